The highest BCUT2D eigenvalue weighted by atomic mass is 35.5. The molecule has 20 heavy (non-hydrogen) atoms. The second-order valence-electron chi connectivity index (χ2n) is 5.91. The molecule has 1 aromatic rings. The number of carbonyl (C=O) groups is 1. The van der Waals surface area contributed by atoms with Crippen LogP contribution in [0.1, 0.15) is 37.2 Å². The zero-order valence-corrected chi connectivity index (χ0v) is 12.5. The molecule has 2 aliphatic rings. The Morgan fingerprint density at radius 2 is 2.10 bits per heavy atom. The summed E-state index contributed by atoms with van der Waals surface area (Å²) in [5.41, 5.74) is 0.589. The first-order valence-electron chi connectivity index (χ1n) is 6.98. The predicted octanol–water partition coefficient (Wildman–Crippen LogP) is 4.61. The van der Waals surface area contributed by atoms with E-state index in [1.165, 1.54) is 6.42 Å². The van der Waals surface area contributed by atoms with Crippen molar-refractivity contribution >= 4 is 29.0 Å². The van der Waals surface area contributed by atoms with Crippen LogP contribution >= 0.6 is 23.2 Å². The molecule has 4 heteroatoms. The summed E-state index contributed by atoms with van der Waals surface area (Å²) in [6.07, 6.45) is 4.48. The summed E-state index contributed by atoms with van der Waals surface area (Å²) in [5.74, 6) is 0.501. The smallest absolute Gasteiger partial charge is 0.157 e. The SMILES string of the molecule is N#CC(C(=O)C1CC2CCC1C2)c1ccc(Cl)cc1Cl. The van der Waals surface area contributed by atoms with Crippen LogP contribution in [0, 0.1) is 29.1 Å². The Balaban J connectivity index is 1.86. The number of fused-ring (bicyclic) bond motifs is 2. The highest BCUT2D eigenvalue weighted by molar-refractivity contribution is 6.35. The quantitative estimate of drug-likeness (QED) is 0.818. The van der Waals surface area contributed by atoms with Crippen molar-refractivity contribution in [3.8, 4) is 6.07 Å². The Kier molecular flexibility index (Phi) is 3.75. The lowest BCUT2D eigenvalue weighted by Gasteiger charge is -2.23. The van der Waals surface area contributed by atoms with Crippen LogP contribution in [-0.2, 0) is 4.79 Å². The van der Waals surface area contributed by atoms with Gasteiger partial charge in [-0.1, -0.05) is 35.7 Å². The fraction of sp³-hybridized carbons (Fsp3) is 0.500. The second-order valence-corrected chi connectivity index (χ2v) is 6.76. The van der Waals surface area contributed by atoms with Crippen molar-refractivity contribution in [1.29, 1.82) is 5.26 Å². The third kappa shape index (κ3) is 2.34. The Morgan fingerprint density at radius 3 is 2.65 bits per heavy atom. The molecule has 3 rings (SSSR count). The van der Waals surface area contributed by atoms with Gasteiger partial charge in [0.25, 0.3) is 0 Å². The Labute approximate surface area is 128 Å². The summed E-state index contributed by atoms with van der Waals surface area (Å²) < 4.78 is 0. The summed E-state index contributed by atoms with van der Waals surface area (Å²) >= 11 is 12.0. The van der Waals surface area contributed by atoms with Crippen molar-refractivity contribution in [2.75, 3.05) is 0 Å². The van der Waals surface area contributed by atoms with Crippen LogP contribution in [0.2, 0.25) is 10.0 Å². The van der Waals surface area contributed by atoms with Gasteiger partial charge in [0, 0.05) is 16.0 Å². The maximum absolute atomic E-state index is 12.7. The van der Waals surface area contributed by atoms with Gasteiger partial charge in [-0.25, -0.2) is 0 Å². The van der Waals surface area contributed by atoms with Crippen LogP contribution in [-0.4, -0.2) is 5.78 Å². The number of halogens is 2. The molecule has 2 aliphatic carbocycles. The van der Waals surface area contributed by atoms with Gasteiger partial charge in [0.15, 0.2) is 5.78 Å². The molecule has 0 saturated heterocycles. The minimum Gasteiger partial charge on any atom is -0.298 e. The van der Waals surface area contributed by atoms with Gasteiger partial charge >= 0.3 is 0 Å². The number of ketones is 1. The maximum atomic E-state index is 12.7. The number of hydrogen-bond acceptors (Lipinski definition) is 2. The average molecular weight is 308 g/mol. The molecule has 0 amide bonds. The van der Waals surface area contributed by atoms with Gasteiger partial charge < -0.3 is 0 Å². The number of benzene rings is 1. The molecule has 0 aromatic heterocycles. The van der Waals surface area contributed by atoms with Crippen molar-refractivity contribution < 1.29 is 4.79 Å². The van der Waals surface area contributed by atoms with E-state index in [0.29, 0.717) is 27.4 Å². The van der Waals surface area contributed by atoms with Crippen LogP contribution in [0.25, 0.3) is 0 Å². The third-order valence-corrected chi connectivity index (χ3v) is 5.35. The molecule has 0 N–H and O–H groups in total. The average Bonchev–Trinajstić information content (AvgIpc) is 3.04. The van der Waals surface area contributed by atoms with Crippen molar-refractivity contribution in [3.63, 3.8) is 0 Å². The van der Waals surface area contributed by atoms with Gasteiger partial charge in [0.1, 0.15) is 5.92 Å². The van der Waals surface area contributed by atoms with Crippen molar-refractivity contribution in [1.82, 2.24) is 0 Å². The van der Waals surface area contributed by atoms with Gasteiger partial charge in [0.2, 0.25) is 0 Å². The number of carbonyl (C=O) groups excluding carboxylic acids is 1. The zero-order chi connectivity index (χ0) is 14.3. The molecule has 0 spiro atoms. The van der Waals surface area contributed by atoms with E-state index in [2.05, 4.69) is 6.07 Å². The molecule has 2 bridgehead atoms. The third-order valence-electron chi connectivity index (χ3n) is 4.79. The largest absolute Gasteiger partial charge is 0.298 e. The first-order valence-corrected chi connectivity index (χ1v) is 7.74. The molecule has 4 atom stereocenters. The fourth-order valence-electron chi connectivity index (χ4n) is 3.83. The molecular weight excluding hydrogens is 293 g/mol. The van der Waals surface area contributed by atoms with E-state index < -0.39 is 5.92 Å². The van der Waals surface area contributed by atoms with E-state index in [4.69, 9.17) is 23.2 Å². The van der Waals surface area contributed by atoms with E-state index in [0.717, 1.165) is 19.3 Å². The minimum atomic E-state index is -0.760. The maximum Gasteiger partial charge on any atom is 0.157 e. The fourth-order valence-corrected chi connectivity index (χ4v) is 4.35. The summed E-state index contributed by atoms with van der Waals surface area (Å²) in [6.45, 7) is 0. The number of nitriles is 1. The summed E-state index contributed by atoms with van der Waals surface area (Å²) in [7, 11) is 0. The molecular formula is C16H15Cl2NO. The standard InChI is InChI=1S/C16H15Cl2NO/c17-11-3-4-12(15(18)7-11)14(8-19)16(20)13-6-9-1-2-10(13)5-9/h3-4,7,9-10,13-14H,1-2,5-6H2. The molecule has 2 saturated carbocycles. The molecule has 2 fully saturated rings. The minimum absolute atomic E-state index is 0.0453. The molecule has 0 radical (unpaired) electrons. The topological polar surface area (TPSA) is 40.9 Å². The lowest BCUT2D eigenvalue weighted by atomic mass is 9.79. The number of rotatable bonds is 3. The first kappa shape index (κ1) is 13.9. The molecule has 0 heterocycles. The monoisotopic (exact) mass is 307 g/mol. The number of nitrogens with zero attached hydrogens (tertiary/aromatic N) is 1. The van der Waals surface area contributed by atoms with Crippen molar-refractivity contribution in [3.05, 3.63) is 33.8 Å². The normalized spacial score (nSPS) is 29.1. The lowest BCUT2D eigenvalue weighted by Crippen LogP contribution is -2.26. The van der Waals surface area contributed by atoms with Gasteiger partial charge in [0.05, 0.1) is 6.07 Å². The van der Waals surface area contributed by atoms with E-state index >= 15 is 0 Å². The van der Waals surface area contributed by atoms with Gasteiger partial charge in [-0.3, -0.25) is 4.79 Å². The Hall–Kier alpha value is -1.04. The molecule has 4 unspecified atom stereocenters. The van der Waals surface area contributed by atoms with Gasteiger partial charge in [-0.2, -0.15) is 5.26 Å². The van der Waals surface area contributed by atoms with Crippen molar-refractivity contribution in [2.24, 2.45) is 17.8 Å². The first-order chi connectivity index (χ1) is 9.60. The van der Waals surface area contributed by atoms with E-state index in [9.17, 15) is 10.1 Å². The molecule has 2 nitrogen and oxygen atoms in total. The number of Topliss-reactive ketones (excluding diaryl/α,β-unsaturated/α-hetero) is 1. The van der Waals surface area contributed by atoms with Crippen LogP contribution in [0.4, 0.5) is 0 Å². The second kappa shape index (κ2) is 5.39. The van der Waals surface area contributed by atoms with E-state index in [1.807, 2.05) is 0 Å². The molecule has 1 aromatic carbocycles. The van der Waals surface area contributed by atoms with E-state index in [-0.39, 0.29) is 11.7 Å². The number of hydrogen-bond donors (Lipinski definition) is 0. The molecule has 0 aliphatic heterocycles. The van der Waals surface area contributed by atoms with Crippen LogP contribution in [0.5, 0.6) is 0 Å². The Morgan fingerprint density at radius 1 is 1.30 bits per heavy atom. The van der Waals surface area contributed by atoms with E-state index in [1.54, 1.807) is 18.2 Å². The van der Waals surface area contributed by atoms with Gasteiger partial charge in [-0.05, 0) is 48.8 Å². The summed E-state index contributed by atoms with van der Waals surface area (Å²) in [6, 6.07) is 7.11. The predicted molar refractivity (Wildman–Crippen MR) is 78.8 cm³/mol. The van der Waals surface area contributed by atoms with Crippen LogP contribution in [0.3, 0.4) is 0 Å². The molecule has 104 valence electrons. The zero-order valence-electron chi connectivity index (χ0n) is 11.0. The lowest BCUT2D eigenvalue weighted by molar-refractivity contribution is -0.124. The van der Waals surface area contributed by atoms with Crippen LogP contribution in [0.15, 0.2) is 18.2 Å². The van der Waals surface area contributed by atoms with Crippen LogP contribution < -0.4 is 0 Å². The summed E-state index contributed by atoms with van der Waals surface area (Å²) in [4.78, 5) is 12.7. The van der Waals surface area contributed by atoms with Crippen molar-refractivity contribution in [2.45, 2.75) is 31.6 Å². The van der Waals surface area contributed by atoms with Gasteiger partial charge in [-0.15, -0.1) is 0 Å². The highest BCUT2D eigenvalue weighted by Crippen LogP contribution is 2.50. The highest BCUT2D eigenvalue weighted by Gasteiger charge is 2.45. The Bertz CT molecular complexity index is 593. The summed E-state index contributed by atoms with van der Waals surface area (Å²) in [5, 5.41) is 10.3.